The molecule has 0 bridgehead atoms. The Morgan fingerprint density at radius 2 is 2.32 bits per heavy atom. The normalized spacial score (nSPS) is 28.9. The number of methoxy groups -OCH3 is 1. The summed E-state index contributed by atoms with van der Waals surface area (Å²) < 4.78 is 4.90. The van der Waals surface area contributed by atoms with E-state index >= 15 is 0 Å². The Morgan fingerprint density at radius 1 is 1.58 bits per heavy atom. The number of rotatable bonds is 7. The van der Waals surface area contributed by atoms with E-state index in [-0.39, 0.29) is 24.1 Å². The van der Waals surface area contributed by atoms with Crippen molar-refractivity contribution in [3.8, 4) is 0 Å². The van der Waals surface area contributed by atoms with Gasteiger partial charge in [-0.3, -0.25) is 10.1 Å². The Balaban J connectivity index is 2.47. The van der Waals surface area contributed by atoms with E-state index in [1.54, 1.807) is 7.11 Å². The fourth-order valence-corrected chi connectivity index (χ4v) is 2.93. The van der Waals surface area contributed by atoms with Gasteiger partial charge in [0.1, 0.15) is 0 Å². The van der Waals surface area contributed by atoms with Crippen molar-refractivity contribution in [2.24, 2.45) is 5.92 Å². The van der Waals surface area contributed by atoms with Gasteiger partial charge in [-0.25, -0.2) is 0 Å². The lowest BCUT2D eigenvalue weighted by Crippen LogP contribution is -2.58. The third-order valence-electron chi connectivity index (χ3n) is 3.92. The van der Waals surface area contributed by atoms with Crippen LogP contribution in [0.25, 0.3) is 0 Å². The smallest absolute Gasteiger partial charge is 0.236 e. The average molecular weight is 272 g/mol. The summed E-state index contributed by atoms with van der Waals surface area (Å²) in [6.07, 6.45) is 4.17. The summed E-state index contributed by atoms with van der Waals surface area (Å²) in [7, 11) is 1.61. The van der Waals surface area contributed by atoms with Crippen LogP contribution in [0.5, 0.6) is 0 Å². The first kappa shape index (κ1) is 16.4. The summed E-state index contributed by atoms with van der Waals surface area (Å²) in [5.41, 5.74) is -0.296. The number of ether oxygens (including phenoxy) is 1. The van der Waals surface area contributed by atoms with Crippen LogP contribution in [0.4, 0.5) is 0 Å². The van der Waals surface area contributed by atoms with E-state index in [1.165, 1.54) is 6.42 Å². The number of aliphatic hydroxyl groups is 1. The van der Waals surface area contributed by atoms with E-state index in [0.29, 0.717) is 19.1 Å². The topological polar surface area (TPSA) is 70.6 Å². The van der Waals surface area contributed by atoms with Gasteiger partial charge < -0.3 is 15.2 Å². The summed E-state index contributed by atoms with van der Waals surface area (Å²) >= 11 is 0. The molecule has 1 amide bonds. The number of carbonyl (C=O) groups is 1. The van der Waals surface area contributed by atoms with Gasteiger partial charge in [-0.15, -0.1) is 0 Å². The fourth-order valence-electron chi connectivity index (χ4n) is 2.93. The second-order valence-electron chi connectivity index (χ2n) is 5.79. The second kappa shape index (κ2) is 7.82. The first-order valence-electron chi connectivity index (χ1n) is 7.18. The van der Waals surface area contributed by atoms with Gasteiger partial charge in [-0.1, -0.05) is 19.8 Å². The van der Waals surface area contributed by atoms with Crippen LogP contribution in [0.3, 0.4) is 0 Å². The molecule has 0 aromatic carbocycles. The van der Waals surface area contributed by atoms with Crippen molar-refractivity contribution in [1.82, 2.24) is 10.6 Å². The molecule has 3 unspecified atom stereocenters. The van der Waals surface area contributed by atoms with Crippen molar-refractivity contribution in [2.45, 2.75) is 51.1 Å². The van der Waals surface area contributed by atoms with E-state index in [9.17, 15) is 9.90 Å². The van der Waals surface area contributed by atoms with Crippen LogP contribution in [-0.4, -0.2) is 49.5 Å². The van der Waals surface area contributed by atoms with Crippen molar-refractivity contribution < 1.29 is 14.6 Å². The maximum atomic E-state index is 11.9. The molecule has 1 aliphatic carbocycles. The molecule has 0 aromatic heterocycles. The van der Waals surface area contributed by atoms with Crippen molar-refractivity contribution >= 4 is 5.91 Å². The van der Waals surface area contributed by atoms with Gasteiger partial charge in [0.2, 0.25) is 5.91 Å². The van der Waals surface area contributed by atoms with Gasteiger partial charge in [-0.2, -0.15) is 0 Å². The standard InChI is InChI=1S/C14H28N2O3/c1-11-5-4-6-14(9-11,10-17)16-12(2)13(18)15-7-8-19-3/h11-12,16-17H,4-10H2,1-3H3,(H,15,18). The molecule has 1 aliphatic rings. The first-order chi connectivity index (χ1) is 9.03. The van der Waals surface area contributed by atoms with Crippen LogP contribution < -0.4 is 10.6 Å². The third-order valence-corrected chi connectivity index (χ3v) is 3.92. The van der Waals surface area contributed by atoms with E-state index in [1.807, 2.05) is 6.92 Å². The lowest BCUT2D eigenvalue weighted by atomic mass is 9.76. The van der Waals surface area contributed by atoms with Gasteiger partial charge >= 0.3 is 0 Å². The summed E-state index contributed by atoms with van der Waals surface area (Å²) in [6.45, 7) is 5.17. The van der Waals surface area contributed by atoms with Crippen LogP contribution in [0, 0.1) is 5.92 Å². The lowest BCUT2D eigenvalue weighted by molar-refractivity contribution is -0.123. The molecule has 1 saturated carbocycles. The zero-order chi connectivity index (χ0) is 14.3. The summed E-state index contributed by atoms with van der Waals surface area (Å²) in [6, 6.07) is -0.297. The molecular weight excluding hydrogens is 244 g/mol. The summed E-state index contributed by atoms with van der Waals surface area (Å²) in [4.78, 5) is 11.9. The highest BCUT2D eigenvalue weighted by molar-refractivity contribution is 5.81. The molecule has 1 fully saturated rings. The average Bonchev–Trinajstić information content (AvgIpc) is 2.38. The molecule has 0 heterocycles. The van der Waals surface area contributed by atoms with Gasteiger partial charge in [-0.05, 0) is 25.7 Å². The minimum absolute atomic E-state index is 0.0388. The molecule has 0 spiro atoms. The number of hydrogen-bond acceptors (Lipinski definition) is 4. The molecule has 1 rings (SSSR count). The van der Waals surface area contributed by atoms with E-state index in [4.69, 9.17) is 4.74 Å². The van der Waals surface area contributed by atoms with E-state index in [0.717, 1.165) is 19.3 Å². The van der Waals surface area contributed by atoms with Gasteiger partial charge in [0, 0.05) is 19.2 Å². The van der Waals surface area contributed by atoms with E-state index in [2.05, 4.69) is 17.6 Å². The fraction of sp³-hybridized carbons (Fsp3) is 0.929. The van der Waals surface area contributed by atoms with Crippen LogP contribution in [0.2, 0.25) is 0 Å². The molecule has 5 nitrogen and oxygen atoms in total. The van der Waals surface area contributed by atoms with Crippen LogP contribution >= 0.6 is 0 Å². The molecule has 0 saturated heterocycles. The second-order valence-corrected chi connectivity index (χ2v) is 5.79. The number of amides is 1. The van der Waals surface area contributed by atoms with Crippen molar-refractivity contribution in [3.05, 3.63) is 0 Å². The zero-order valence-electron chi connectivity index (χ0n) is 12.4. The highest BCUT2D eigenvalue weighted by atomic mass is 16.5. The Kier molecular flexibility index (Phi) is 6.75. The largest absolute Gasteiger partial charge is 0.394 e. The van der Waals surface area contributed by atoms with Crippen LogP contribution in [0.1, 0.15) is 39.5 Å². The summed E-state index contributed by atoms with van der Waals surface area (Å²) in [5, 5.41) is 15.8. The summed E-state index contributed by atoms with van der Waals surface area (Å²) in [5.74, 6) is 0.556. The maximum Gasteiger partial charge on any atom is 0.236 e. The van der Waals surface area contributed by atoms with Crippen LogP contribution in [0.15, 0.2) is 0 Å². The van der Waals surface area contributed by atoms with Crippen molar-refractivity contribution in [3.63, 3.8) is 0 Å². The monoisotopic (exact) mass is 272 g/mol. The van der Waals surface area contributed by atoms with E-state index < -0.39 is 0 Å². The Hall–Kier alpha value is -0.650. The first-order valence-corrected chi connectivity index (χ1v) is 7.18. The van der Waals surface area contributed by atoms with Gasteiger partial charge in [0.25, 0.3) is 0 Å². The lowest BCUT2D eigenvalue weighted by Gasteiger charge is -2.41. The number of nitrogens with one attached hydrogen (secondary N) is 2. The Labute approximate surface area is 116 Å². The predicted molar refractivity (Wildman–Crippen MR) is 74.9 cm³/mol. The SMILES string of the molecule is COCCNC(=O)C(C)NC1(CO)CCCC(C)C1. The molecule has 3 atom stereocenters. The third kappa shape index (κ3) is 5.09. The van der Waals surface area contributed by atoms with Crippen molar-refractivity contribution in [1.29, 1.82) is 0 Å². The molecule has 0 aliphatic heterocycles. The Bertz CT molecular complexity index is 286. The molecular formula is C14H28N2O3. The van der Waals surface area contributed by atoms with Gasteiger partial charge in [0.05, 0.1) is 19.3 Å². The number of aliphatic hydroxyl groups excluding tert-OH is 1. The van der Waals surface area contributed by atoms with Crippen LogP contribution in [-0.2, 0) is 9.53 Å². The molecule has 0 radical (unpaired) electrons. The van der Waals surface area contributed by atoms with Crippen molar-refractivity contribution in [2.75, 3.05) is 26.9 Å². The highest BCUT2D eigenvalue weighted by Gasteiger charge is 2.36. The maximum absolute atomic E-state index is 11.9. The number of hydrogen-bond donors (Lipinski definition) is 3. The molecule has 3 N–H and O–H groups in total. The molecule has 19 heavy (non-hydrogen) atoms. The molecule has 0 aromatic rings. The number of carbonyl (C=O) groups excluding carboxylic acids is 1. The Morgan fingerprint density at radius 3 is 2.89 bits per heavy atom. The quantitative estimate of drug-likeness (QED) is 0.596. The highest BCUT2D eigenvalue weighted by Crippen LogP contribution is 2.32. The van der Waals surface area contributed by atoms with Gasteiger partial charge in [0.15, 0.2) is 0 Å². The molecule has 5 heteroatoms. The minimum atomic E-state index is -0.297. The molecule has 112 valence electrons. The zero-order valence-corrected chi connectivity index (χ0v) is 12.4. The predicted octanol–water partition coefficient (Wildman–Crippen LogP) is 0.668. The minimum Gasteiger partial charge on any atom is -0.394 e.